The summed E-state index contributed by atoms with van der Waals surface area (Å²) in [6.07, 6.45) is -0.0936. The second-order valence-electron chi connectivity index (χ2n) is 8.24. The number of carbonyl (C=O) groups excluding carboxylic acids is 3. The third-order valence-electron chi connectivity index (χ3n) is 5.51. The fourth-order valence-corrected chi connectivity index (χ4v) is 3.18. The number of amides is 3. The minimum atomic E-state index is -1.63. The molecule has 35 heavy (non-hydrogen) atoms. The molecule has 12 heteroatoms. The number of nitrogens with one attached hydrogen (secondary N) is 3. The molecule has 0 heterocycles. The Hall–Kier alpha value is -3.51. The summed E-state index contributed by atoms with van der Waals surface area (Å²) in [7, 11) is 0. The highest BCUT2D eigenvalue weighted by Crippen LogP contribution is 2.11. The zero-order valence-electron chi connectivity index (χ0n) is 19.8. The Balaban J connectivity index is 2.98. The summed E-state index contributed by atoms with van der Waals surface area (Å²) in [6.45, 7) is 2.62. The first-order valence-corrected chi connectivity index (χ1v) is 11.3. The molecule has 0 aliphatic rings. The fraction of sp³-hybridized carbons (Fsp3) is 0.522. The summed E-state index contributed by atoms with van der Waals surface area (Å²) in [6, 6.07) is 4.01. The Kier molecular flexibility index (Phi) is 12.4. The second-order valence-corrected chi connectivity index (χ2v) is 8.24. The van der Waals surface area contributed by atoms with E-state index in [9.17, 15) is 24.0 Å². The topological polar surface area (TPSA) is 208 Å². The molecular formula is C23H34N4O8. The van der Waals surface area contributed by atoms with E-state index in [1.54, 1.807) is 13.8 Å². The predicted molar refractivity (Wildman–Crippen MR) is 125 cm³/mol. The van der Waals surface area contributed by atoms with E-state index in [2.05, 4.69) is 16.0 Å². The fourth-order valence-electron chi connectivity index (χ4n) is 3.18. The van der Waals surface area contributed by atoms with Gasteiger partial charge < -0.3 is 37.0 Å². The first-order valence-electron chi connectivity index (χ1n) is 11.3. The molecule has 1 aromatic carbocycles. The second kappa shape index (κ2) is 14.7. The van der Waals surface area contributed by atoms with Crippen molar-refractivity contribution in [2.45, 2.75) is 63.7 Å². The van der Waals surface area contributed by atoms with Gasteiger partial charge in [-0.15, -0.1) is 0 Å². The maximum atomic E-state index is 13.0. The quantitative estimate of drug-likeness (QED) is 0.159. The van der Waals surface area contributed by atoms with Crippen LogP contribution in [0.25, 0.3) is 0 Å². The van der Waals surface area contributed by atoms with Crippen LogP contribution in [-0.2, 0) is 30.4 Å². The van der Waals surface area contributed by atoms with Crippen LogP contribution >= 0.6 is 0 Å². The van der Waals surface area contributed by atoms with Gasteiger partial charge in [-0.2, -0.15) is 0 Å². The monoisotopic (exact) mass is 494 g/mol. The lowest BCUT2D eigenvalue weighted by Gasteiger charge is -2.27. The molecule has 0 bridgehead atoms. The van der Waals surface area contributed by atoms with Gasteiger partial charge in [0.25, 0.3) is 0 Å². The molecule has 0 aliphatic carbocycles. The average molecular weight is 495 g/mol. The molecule has 12 nitrogen and oxygen atoms in total. The van der Waals surface area contributed by atoms with Crippen LogP contribution in [0.2, 0.25) is 0 Å². The van der Waals surface area contributed by atoms with E-state index >= 15 is 0 Å². The maximum Gasteiger partial charge on any atom is 0.328 e. The Morgan fingerprint density at radius 1 is 0.914 bits per heavy atom. The number of carboxylic acids is 2. The highest BCUT2D eigenvalue weighted by Gasteiger charge is 2.32. The number of carboxylic acid groups (broad SMARTS) is 2. The summed E-state index contributed by atoms with van der Waals surface area (Å²) >= 11 is 0. The first-order chi connectivity index (χ1) is 16.5. The molecule has 194 valence electrons. The lowest BCUT2D eigenvalue weighted by atomic mass is 9.96. The van der Waals surface area contributed by atoms with E-state index in [-0.39, 0.29) is 18.8 Å². The van der Waals surface area contributed by atoms with E-state index in [0.29, 0.717) is 6.42 Å². The van der Waals surface area contributed by atoms with Crippen LogP contribution in [0.5, 0.6) is 0 Å². The van der Waals surface area contributed by atoms with Crippen molar-refractivity contribution in [1.82, 2.24) is 16.0 Å². The van der Waals surface area contributed by atoms with Gasteiger partial charge in [-0.05, 0) is 24.3 Å². The van der Waals surface area contributed by atoms with E-state index in [4.69, 9.17) is 21.1 Å². The van der Waals surface area contributed by atoms with Crippen molar-refractivity contribution in [3.05, 3.63) is 35.9 Å². The number of aliphatic hydroxyl groups excluding tert-OH is 1. The van der Waals surface area contributed by atoms with Crippen LogP contribution < -0.4 is 21.7 Å². The largest absolute Gasteiger partial charge is 0.481 e. The van der Waals surface area contributed by atoms with Gasteiger partial charge in [-0.3, -0.25) is 19.2 Å². The molecule has 0 saturated carbocycles. The third-order valence-corrected chi connectivity index (χ3v) is 5.51. The zero-order chi connectivity index (χ0) is 26.5. The average Bonchev–Trinajstić information content (AvgIpc) is 2.82. The molecule has 5 unspecified atom stereocenters. The molecule has 8 N–H and O–H groups in total. The van der Waals surface area contributed by atoms with Crippen LogP contribution in [0.1, 0.15) is 38.7 Å². The first kappa shape index (κ1) is 29.5. The van der Waals surface area contributed by atoms with Gasteiger partial charge in [0, 0.05) is 6.42 Å². The highest BCUT2D eigenvalue weighted by atomic mass is 16.4. The summed E-state index contributed by atoms with van der Waals surface area (Å²) < 4.78 is 0. The summed E-state index contributed by atoms with van der Waals surface area (Å²) in [4.78, 5) is 60.4. The number of hydrogen-bond donors (Lipinski definition) is 7. The molecule has 3 amide bonds. The normalized spacial score (nSPS) is 15.1. The molecule has 0 radical (unpaired) electrons. The van der Waals surface area contributed by atoms with Crippen molar-refractivity contribution in [3.63, 3.8) is 0 Å². The van der Waals surface area contributed by atoms with Crippen LogP contribution in [0.4, 0.5) is 0 Å². The summed E-state index contributed by atoms with van der Waals surface area (Å²) in [5.74, 6) is -5.40. The van der Waals surface area contributed by atoms with E-state index in [0.717, 1.165) is 5.56 Å². The number of aliphatic hydroxyl groups is 1. The number of hydrogen-bond acceptors (Lipinski definition) is 7. The molecule has 0 spiro atoms. The van der Waals surface area contributed by atoms with Crippen molar-refractivity contribution in [2.24, 2.45) is 11.7 Å². The van der Waals surface area contributed by atoms with Crippen molar-refractivity contribution in [2.75, 3.05) is 6.61 Å². The molecule has 0 aliphatic heterocycles. The van der Waals surface area contributed by atoms with Crippen LogP contribution in [0, 0.1) is 5.92 Å². The number of nitrogens with two attached hydrogens (primary N) is 1. The van der Waals surface area contributed by atoms with E-state index < -0.39 is 66.9 Å². The molecular weight excluding hydrogens is 460 g/mol. The number of benzene rings is 1. The SMILES string of the molecule is CCC(C)C(NC(=O)C(N)Cc1ccccc1)C(=O)NC(CCC(=O)O)C(=O)NC(CO)C(=O)O. The smallest absolute Gasteiger partial charge is 0.328 e. The summed E-state index contributed by atoms with van der Waals surface area (Å²) in [5, 5.41) is 34.2. The van der Waals surface area contributed by atoms with Gasteiger partial charge in [0.05, 0.1) is 12.6 Å². The Labute approximate surface area is 203 Å². The molecule has 5 atom stereocenters. The predicted octanol–water partition coefficient (Wildman–Crippen LogP) is -1.00. The van der Waals surface area contributed by atoms with Gasteiger partial charge in [-0.1, -0.05) is 50.6 Å². The van der Waals surface area contributed by atoms with E-state index in [1.165, 1.54) is 0 Å². The van der Waals surface area contributed by atoms with Crippen LogP contribution in [0.3, 0.4) is 0 Å². The number of rotatable bonds is 15. The third kappa shape index (κ3) is 10.1. The van der Waals surface area contributed by atoms with Gasteiger partial charge in [0.2, 0.25) is 17.7 Å². The molecule has 0 aromatic heterocycles. The van der Waals surface area contributed by atoms with Crippen molar-refractivity contribution in [1.29, 1.82) is 0 Å². The number of aliphatic carboxylic acids is 2. The highest BCUT2D eigenvalue weighted by molar-refractivity contribution is 5.94. The molecule has 0 saturated heterocycles. The molecule has 0 fully saturated rings. The van der Waals surface area contributed by atoms with Crippen LogP contribution in [0.15, 0.2) is 30.3 Å². The van der Waals surface area contributed by atoms with Crippen molar-refractivity contribution < 1.29 is 39.3 Å². The van der Waals surface area contributed by atoms with E-state index in [1.807, 2.05) is 30.3 Å². The van der Waals surface area contributed by atoms with Gasteiger partial charge in [-0.25, -0.2) is 4.79 Å². The standard InChI is InChI=1S/C23H34N4O8/c1-3-13(2)19(27-20(31)15(24)11-14-7-5-4-6-8-14)22(33)25-16(9-10-18(29)30)21(32)26-17(12-28)23(34)35/h4-8,13,15-17,19,28H,3,9-12,24H2,1-2H3,(H,25,33)(H,26,32)(H,27,31)(H,29,30)(H,34,35). The summed E-state index contributed by atoms with van der Waals surface area (Å²) in [5.41, 5.74) is 6.85. The lowest BCUT2D eigenvalue weighted by molar-refractivity contribution is -0.144. The van der Waals surface area contributed by atoms with Crippen LogP contribution in [-0.4, -0.2) is 75.8 Å². The van der Waals surface area contributed by atoms with Gasteiger partial charge in [0.15, 0.2) is 0 Å². The lowest BCUT2D eigenvalue weighted by Crippen LogP contribution is -2.59. The van der Waals surface area contributed by atoms with Crippen molar-refractivity contribution >= 4 is 29.7 Å². The minimum Gasteiger partial charge on any atom is -0.481 e. The van der Waals surface area contributed by atoms with Gasteiger partial charge >= 0.3 is 11.9 Å². The zero-order valence-corrected chi connectivity index (χ0v) is 19.8. The number of carbonyl (C=O) groups is 5. The Morgan fingerprint density at radius 3 is 2.03 bits per heavy atom. The van der Waals surface area contributed by atoms with Crippen molar-refractivity contribution in [3.8, 4) is 0 Å². The Bertz CT molecular complexity index is 880. The maximum absolute atomic E-state index is 13.0. The van der Waals surface area contributed by atoms with Gasteiger partial charge in [0.1, 0.15) is 18.1 Å². The minimum absolute atomic E-state index is 0.239. The molecule has 1 aromatic rings. The Morgan fingerprint density at radius 2 is 1.51 bits per heavy atom. The molecule has 1 rings (SSSR count).